The van der Waals surface area contributed by atoms with E-state index in [9.17, 15) is 18.8 Å². The molecule has 3 amide bonds. The summed E-state index contributed by atoms with van der Waals surface area (Å²) in [5, 5.41) is 5.57. The molecule has 1 atom stereocenters. The van der Waals surface area contributed by atoms with E-state index in [-0.39, 0.29) is 18.2 Å². The van der Waals surface area contributed by atoms with Gasteiger partial charge in [0.25, 0.3) is 11.8 Å². The molecular weight excluding hydrogens is 443 g/mol. The van der Waals surface area contributed by atoms with Gasteiger partial charge in [-0.05, 0) is 62.1 Å². The van der Waals surface area contributed by atoms with Crippen LogP contribution in [0.2, 0.25) is 0 Å². The first-order chi connectivity index (χ1) is 15.9. The number of nitrogens with zero attached hydrogens (tertiary/aromatic N) is 2. The Labute approximate surface area is 195 Å². The Morgan fingerprint density at radius 1 is 1.09 bits per heavy atom. The van der Waals surface area contributed by atoms with Crippen LogP contribution in [0.1, 0.15) is 41.6 Å². The number of benzene rings is 2. The molecule has 172 valence electrons. The molecule has 2 aromatic carbocycles. The molecule has 33 heavy (non-hydrogen) atoms. The quantitative estimate of drug-likeness (QED) is 0.686. The summed E-state index contributed by atoms with van der Waals surface area (Å²) in [5.74, 6) is -1.43. The molecule has 0 bridgehead atoms. The lowest BCUT2D eigenvalue weighted by Gasteiger charge is -2.27. The number of likely N-dealkylation sites (tertiary alicyclic amines) is 1. The fourth-order valence-electron chi connectivity index (χ4n) is 3.72. The number of amidine groups is 1. The van der Waals surface area contributed by atoms with Crippen molar-refractivity contribution in [1.82, 2.24) is 4.90 Å². The van der Waals surface area contributed by atoms with Gasteiger partial charge in [0.2, 0.25) is 5.91 Å². The highest BCUT2D eigenvalue weighted by Gasteiger charge is 2.33. The Balaban J connectivity index is 1.33. The normalized spacial score (nSPS) is 18.1. The smallest absolute Gasteiger partial charge is 0.262 e. The van der Waals surface area contributed by atoms with Crippen LogP contribution >= 0.6 is 11.8 Å². The van der Waals surface area contributed by atoms with Gasteiger partial charge in [0.1, 0.15) is 11.1 Å². The first kappa shape index (κ1) is 23.0. The largest absolute Gasteiger partial charge is 0.351 e. The number of piperidine rings is 1. The molecule has 0 radical (unpaired) electrons. The topological polar surface area (TPSA) is 90.9 Å². The first-order valence-electron chi connectivity index (χ1n) is 10.9. The number of amides is 3. The van der Waals surface area contributed by atoms with Crippen molar-refractivity contribution < 1.29 is 18.8 Å². The molecule has 0 saturated carbocycles. The SMILES string of the molecule is Cc1ccc(NC(=O)c2cccc(NC(=O)CC3SC(N4CCCCC4)=NC3=O)c2)cc1F. The third kappa shape index (κ3) is 5.78. The lowest BCUT2D eigenvalue weighted by atomic mass is 10.1. The molecule has 7 nitrogen and oxygen atoms in total. The average Bonchev–Trinajstić information content (AvgIpc) is 3.17. The van der Waals surface area contributed by atoms with Crippen LogP contribution in [-0.2, 0) is 9.59 Å². The Morgan fingerprint density at radius 3 is 2.61 bits per heavy atom. The zero-order valence-electron chi connectivity index (χ0n) is 18.3. The summed E-state index contributed by atoms with van der Waals surface area (Å²) in [6, 6.07) is 10.9. The summed E-state index contributed by atoms with van der Waals surface area (Å²) >= 11 is 1.35. The highest BCUT2D eigenvalue weighted by Crippen LogP contribution is 2.29. The van der Waals surface area contributed by atoms with E-state index in [2.05, 4.69) is 20.5 Å². The van der Waals surface area contributed by atoms with Crippen molar-refractivity contribution in [3.8, 4) is 0 Å². The highest BCUT2D eigenvalue weighted by atomic mass is 32.2. The standard InChI is InChI=1S/C24H25FN4O3S/c1-15-8-9-18(13-19(15)25)27-22(31)16-6-5-7-17(12-16)26-21(30)14-20-23(32)28-24(33-20)29-10-3-2-4-11-29/h5-9,12-13,20H,2-4,10-11,14H2,1H3,(H,26,30)(H,27,31). The van der Waals surface area contributed by atoms with Crippen molar-refractivity contribution in [3.05, 3.63) is 59.4 Å². The number of hydrogen-bond donors (Lipinski definition) is 2. The van der Waals surface area contributed by atoms with Crippen molar-refractivity contribution >= 4 is 46.0 Å². The Hall–Kier alpha value is -3.20. The summed E-state index contributed by atoms with van der Waals surface area (Å²) in [6.07, 6.45) is 3.36. The van der Waals surface area contributed by atoms with Gasteiger partial charge >= 0.3 is 0 Å². The molecule has 2 heterocycles. The second kappa shape index (κ2) is 10.2. The van der Waals surface area contributed by atoms with Crippen LogP contribution in [0, 0.1) is 12.7 Å². The number of carbonyl (C=O) groups excluding carboxylic acids is 3. The second-order valence-corrected chi connectivity index (χ2v) is 9.31. The molecule has 1 saturated heterocycles. The van der Waals surface area contributed by atoms with Crippen molar-refractivity contribution in [2.24, 2.45) is 4.99 Å². The Kier molecular flexibility index (Phi) is 7.08. The molecule has 2 aliphatic rings. The summed E-state index contributed by atoms with van der Waals surface area (Å²) in [6.45, 7) is 3.43. The van der Waals surface area contributed by atoms with Gasteiger partial charge in [0.15, 0.2) is 5.17 Å². The van der Waals surface area contributed by atoms with Crippen LogP contribution in [0.5, 0.6) is 0 Å². The van der Waals surface area contributed by atoms with Crippen LogP contribution in [0.15, 0.2) is 47.5 Å². The van der Waals surface area contributed by atoms with E-state index < -0.39 is 17.0 Å². The summed E-state index contributed by atoms with van der Waals surface area (Å²) in [4.78, 5) is 43.6. The maximum atomic E-state index is 13.7. The third-order valence-corrected chi connectivity index (χ3v) is 6.78. The number of hydrogen-bond acceptors (Lipinski definition) is 5. The zero-order valence-corrected chi connectivity index (χ0v) is 19.1. The van der Waals surface area contributed by atoms with E-state index in [0.29, 0.717) is 27.7 Å². The molecule has 0 aliphatic carbocycles. The van der Waals surface area contributed by atoms with Gasteiger partial charge in [0.05, 0.1) is 0 Å². The number of thioether (sulfide) groups is 1. The summed E-state index contributed by atoms with van der Waals surface area (Å²) in [7, 11) is 0. The second-order valence-electron chi connectivity index (χ2n) is 8.14. The Bertz CT molecular complexity index is 1110. The molecule has 1 fully saturated rings. The van der Waals surface area contributed by atoms with Crippen molar-refractivity contribution in [3.63, 3.8) is 0 Å². The maximum absolute atomic E-state index is 13.7. The lowest BCUT2D eigenvalue weighted by Crippen LogP contribution is -2.33. The molecule has 0 aromatic heterocycles. The van der Waals surface area contributed by atoms with Gasteiger partial charge in [-0.3, -0.25) is 14.4 Å². The molecule has 2 aliphatic heterocycles. The molecular formula is C24H25FN4O3S. The van der Waals surface area contributed by atoms with E-state index in [0.717, 1.165) is 25.9 Å². The van der Waals surface area contributed by atoms with Crippen molar-refractivity contribution in [2.45, 2.75) is 37.9 Å². The van der Waals surface area contributed by atoms with E-state index in [4.69, 9.17) is 0 Å². The van der Waals surface area contributed by atoms with Gasteiger partial charge in [-0.25, -0.2) is 4.39 Å². The summed E-state index contributed by atoms with van der Waals surface area (Å²) in [5.41, 5.74) is 1.59. The molecule has 1 unspecified atom stereocenters. The maximum Gasteiger partial charge on any atom is 0.262 e. The van der Waals surface area contributed by atoms with Crippen LogP contribution < -0.4 is 10.6 Å². The number of halogens is 1. The van der Waals surface area contributed by atoms with E-state index in [1.54, 1.807) is 37.3 Å². The van der Waals surface area contributed by atoms with Crippen molar-refractivity contribution in [1.29, 1.82) is 0 Å². The minimum atomic E-state index is -0.537. The number of aryl methyl sites for hydroxylation is 1. The van der Waals surface area contributed by atoms with Crippen LogP contribution in [0.4, 0.5) is 15.8 Å². The van der Waals surface area contributed by atoms with Gasteiger partial charge in [-0.2, -0.15) is 4.99 Å². The van der Waals surface area contributed by atoms with Gasteiger partial charge in [0, 0.05) is 36.4 Å². The van der Waals surface area contributed by atoms with Gasteiger partial charge in [-0.1, -0.05) is 23.9 Å². The summed E-state index contributed by atoms with van der Waals surface area (Å²) < 4.78 is 13.7. The fraction of sp³-hybridized carbons (Fsp3) is 0.333. The highest BCUT2D eigenvalue weighted by molar-refractivity contribution is 8.15. The van der Waals surface area contributed by atoms with Crippen molar-refractivity contribution in [2.75, 3.05) is 23.7 Å². The minimum Gasteiger partial charge on any atom is -0.351 e. The Morgan fingerprint density at radius 2 is 1.85 bits per heavy atom. The molecule has 4 rings (SSSR count). The molecule has 0 spiro atoms. The number of nitrogens with one attached hydrogen (secondary N) is 2. The molecule has 9 heteroatoms. The fourth-order valence-corrected chi connectivity index (χ4v) is 4.84. The number of rotatable bonds is 5. The van der Waals surface area contributed by atoms with E-state index in [1.165, 1.54) is 30.3 Å². The van der Waals surface area contributed by atoms with Crippen LogP contribution in [0.25, 0.3) is 0 Å². The third-order valence-electron chi connectivity index (χ3n) is 5.56. The minimum absolute atomic E-state index is 0.00338. The molecule has 2 N–H and O–H groups in total. The van der Waals surface area contributed by atoms with E-state index in [1.807, 2.05) is 0 Å². The van der Waals surface area contributed by atoms with Crippen LogP contribution in [0.3, 0.4) is 0 Å². The van der Waals surface area contributed by atoms with E-state index >= 15 is 0 Å². The molecule has 2 aromatic rings. The number of aliphatic imine (C=N–C) groups is 1. The average molecular weight is 469 g/mol. The number of anilines is 2. The number of carbonyl (C=O) groups is 3. The van der Waals surface area contributed by atoms with Gasteiger partial charge < -0.3 is 15.5 Å². The first-order valence-corrected chi connectivity index (χ1v) is 11.8. The van der Waals surface area contributed by atoms with Crippen LogP contribution in [-0.4, -0.2) is 46.1 Å². The predicted octanol–water partition coefficient (Wildman–Crippen LogP) is 4.20. The monoisotopic (exact) mass is 468 g/mol. The predicted molar refractivity (Wildman–Crippen MR) is 128 cm³/mol. The van der Waals surface area contributed by atoms with Gasteiger partial charge in [-0.15, -0.1) is 0 Å². The zero-order chi connectivity index (χ0) is 23.4. The lowest BCUT2D eigenvalue weighted by molar-refractivity contribution is -0.121.